The summed E-state index contributed by atoms with van der Waals surface area (Å²) in [4.78, 5) is 30.5. The van der Waals surface area contributed by atoms with E-state index in [0.29, 0.717) is 17.4 Å². The number of rotatable bonds is 3. The van der Waals surface area contributed by atoms with Gasteiger partial charge in [0.25, 0.3) is 11.5 Å². The fraction of sp³-hybridized carbons (Fsp3) is 0.357. The van der Waals surface area contributed by atoms with Crippen LogP contribution in [0.5, 0.6) is 0 Å². The van der Waals surface area contributed by atoms with E-state index in [2.05, 4.69) is 15.3 Å². The van der Waals surface area contributed by atoms with Crippen LogP contribution in [0.2, 0.25) is 0 Å². The predicted molar refractivity (Wildman–Crippen MR) is 73.7 cm³/mol. The number of H-pyrrole nitrogens is 1. The molecule has 1 saturated heterocycles. The molecule has 0 aliphatic carbocycles. The number of amides is 1. The third kappa shape index (κ3) is 2.55. The summed E-state index contributed by atoms with van der Waals surface area (Å²) < 4.78 is 5.43. The van der Waals surface area contributed by atoms with Gasteiger partial charge in [-0.25, -0.2) is 4.98 Å². The van der Waals surface area contributed by atoms with Crippen molar-refractivity contribution in [1.29, 1.82) is 0 Å². The number of carbonyl (C=O) groups is 1. The molecule has 0 saturated carbocycles. The highest BCUT2D eigenvalue weighted by Crippen LogP contribution is 2.10. The molecule has 1 aliphatic heterocycles. The van der Waals surface area contributed by atoms with E-state index < -0.39 is 0 Å². The van der Waals surface area contributed by atoms with Gasteiger partial charge in [0.2, 0.25) is 0 Å². The van der Waals surface area contributed by atoms with Crippen molar-refractivity contribution in [2.75, 3.05) is 13.2 Å². The maximum absolute atomic E-state index is 12.0. The molecule has 0 bridgehead atoms. The maximum Gasteiger partial charge on any atom is 0.287 e. The normalized spacial score (nSPS) is 18.3. The number of nitrogens with zero attached hydrogens (tertiary/aromatic N) is 1. The predicted octanol–water partition coefficient (Wildman–Crippen LogP) is 0.832. The van der Waals surface area contributed by atoms with Crippen LogP contribution in [0.15, 0.2) is 29.1 Å². The Hall–Kier alpha value is -2.21. The van der Waals surface area contributed by atoms with Gasteiger partial charge in [-0.1, -0.05) is 12.1 Å². The molecule has 2 N–H and O–H groups in total. The van der Waals surface area contributed by atoms with E-state index in [9.17, 15) is 9.59 Å². The summed E-state index contributed by atoms with van der Waals surface area (Å²) in [5, 5.41) is 3.21. The molecule has 1 atom stereocenters. The van der Waals surface area contributed by atoms with Gasteiger partial charge in [-0.2, -0.15) is 0 Å². The Morgan fingerprint density at radius 3 is 3.10 bits per heavy atom. The molecule has 0 radical (unpaired) electrons. The lowest BCUT2D eigenvalue weighted by molar-refractivity contribution is 0.0849. The van der Waals surface area contributed by atoms with Crippen LogP contribution in [-0.2, 0) is 4.74 Å². The Balaban J connectivity index is 1.79. The van der Waals surface area contributed by atoms with E-state index in [1.807, 2.05) is 0 Å². The largest absolute Gasteiger partial charge is 0.376 e. The molecular weight excluding hydrogens is 258 g/mol. The lowest BCUT2D eigenvalue weighted by Gasteiger charge is -2.10. The van der Waals surface area contributed by atoms with E-state index in [1.165, 1.54) is 0 Å². The summed E-state index contributed by atoms with van der Waals surface area (Å²) in [5.41, 5.74) is 0.205. The summed E-state index contributed by atoms with van der Waals surface area (Å²) in [5.74, 6) is -0.352. The van der Waals surface area contributed by atoms with Gasteiger partial charge in [0.05, 0.1) is 17.0 Å². The van der Waals surface area contributed by atoms with Crippen LogP contribution >= 0.6 is 0 Å². The Morgan fingerprint density at radius 2 is 2.30 bits per heavy atom. The molecule has 1 aliphatic rings. The van der Waals surface area contributed by atoms with Crippen LogP contribution in [0.25, 0.3) is 10.9 Å². The summed E-state index contributed by atoms with van der Waals surface area (Å²) in [6.45, 7) is 1.18. The number of para-hydroxylation sites is 1. The smallest absolute Gasteiger partial charge is 0.287 e. The summed E-state index contributed by atoms with van der Waals surface area (Å²) >= 11 is 0. The molecule has 104 valence electrons. The molecule has 3 rings (SSSR count). The van der Waals surface area contributed by atoms with Gasteiger partial charge < -0.3 is 15.0 Å². The standard InChI is InChI=1S/C14H15N3O3/c18-13-10-5-1-2-6-11(10)16-12(17-13)14(19)15-8-9-4-3-7-20-9/h1-2,5-6,9H,3-4,7-8H2,(H,15,19)(H,16,17,18)/t9-/m1/s1. The number of benzene rings is 1. The average Bonchev–Trinajstić information content (AvgIpc) is 2.98. The van der Waals surface area contributed by atoms with Crippen LogP contribution in [0.4, 0.5) is 0 Å². The zero-order chi connectivity index (χ0) is 13.9. The number of hydrogen-bond donors (Lipinski definition) is 2. The number of nitrogens with one attached hydrogen (secondary N) is 2. The minimum atomic E-state index is -0.386. The highest BCUT2D eigenvalue weighted by molar-refractivity contribution is 5.92. The number of ether oxygens (including phenoxy) is 1. The Labute approximate surface area is 115 Å². The minimum absolute atomic E-state index is 0.0340. The zero-order valence-electron chi connectivity index (χ0n) is 10.9. The van der Waals surface area contributed by atoms with Crippen molar-refractivity contribution in [3.63, 3.8) is 0 Å². The lowest BCUT2D eigenvalue weighted by atomic mass is 10.2. The molecule has 20 heavy (non-hydrogen) atoms. The average molecular weight is 273 g/mol. The number of aromatic nitrogens is 2. The minimum Gasteiger partial charge on any atom is -0.376 e. The van der Waals surface area contributed by atoms with Crippen molar-refractivity contribution in [1.82, 2.24) is 15.3 Å². The van der Waals surface area contributed by atoms with E-state index in [0.717, 1.165) is 19.4 Å². The molecule has 6 heteroatoms. The number of aromatic amines is 1. The number of fused-ring (bicyclic) bond motifs is 1. The Morgan fingerprint density at radius 1 is 1.45 bits per heavy atom. The van der Waals surface area contributed by atoms with Crippen LogP contribution < -0.4 is 10.9 Å². The first kappa shape index (κ1) is 12.8. The van der Waals surface area contributed by atoms with Gasteiger partial charge in [0, 0.05) is 13.2 Å². The molecule has 1 aromatic carbocycles. The first-order valence-electron chi connectivity index (χ1n) is 6.63. The van der Waals surface area contributed by atoms with Gasteiger partial charge in [-0.3, -0.25) is 9.59 Å². The number of hydrogen-bond acceptors (Lipinski definition) is 4. The Kier molecular flexibility index (Phi) is 3.47. The molecule has 2 heterocycles. The van der Waals surface area contributed by atoms with Crippen LogP contribution in [0.3, 0.4) is 0 Å². The first-order valence-corrected chi connectivity index (χ1v) is 6.63. The molecular formula is C14H15N3O3. The maximum atomic E-state index is 12.0. The quantitative estimate of drug-likeness (QED) is 0.867. The van der Waals surface area contributed by atoms with Crippen molar-refractivity contribution in [2.24, 2.45) is 0 Å². The van der Waals surface area contributed by atoms with E-state index in [4.69, 9.17) is 4.74 Å². The Bertz CT molecular complexity index is 689. The van der Waals surface area contributed by atoms with Crippen molar-refractivity contribution in [2.45, 2.75) is 18.9 Å². The topological polar surface area (TPSA) is 84.1 Å². The van der Waals surface area contributed by atoms with E-state index >= 15 is 0 Å². The second-order valence-electron chi connectivity index (χ2n) is 4.78. The monoisotopic (exact) mass is 273 g/mol. The van der Waals surface area contributed by atoms with Crippen LogP contribution in [0.1, 0.15) is 23.5 Å². The second-order valence-corrected chi connectivity index (χ2v) is 4.78. The summed E-state index contributed by atoms with van der Waals surface area (Å²) in [6.07, 6.45) is 2.03. The highest BCUT2D eigenvalue weighted by Gasteiger charge is 2.17. The van der Waals surface area contributed by atoms with Crippen molar-refractivity contribution < 1.29 is 9.53 Å². The van der Waals surface area contributed by atoms with Crippen molar-refractivity contribution in [3.05, 3.63) is 40.4 Å². The van der Waals surface area contributed by atoms with E-state index in [-0.39, 0.29) is 23.4 Å². The molecule has 1 aromatic heterocycles. The third-order valence-corrected chi connectivity index (χ3v) is 3.34. The molecule has 1 amide bonds. The SMILES string of the molecule is O=C(NC[C@H]1CCCO1)c1nc2ccccc2c(=O)[nH]1. The fourth-order valence-electron chi connectivity index (χ4n) is 2.29. The lowest BCUT2D eigenvalue weighted by Crippen LogP contribution is -2.33. The number of carbonyl (C=O) groups excluding carboxylic acids is 1. The van der Waals surface area contributed by atoms with Gasteiger partial charge in [0.15, 0.2) is 5.82 Å². The van der Waals surface area contributed by atoms with Crippen LogP contribution in [-0.4, -0.2) is 35.1 Å². The van der Waals surface area contributed by atoms with E-state index in [1.54, 1.807) is 24.3 Å². The molecule has 0 spiro atoms. The van der Waals surface area contributed by atoms with Crippen LogP contribution in [0, 0.1) is 0 Å². The van der Waals surface area contributed by atoms with Gasteiger partial charge in [0.1, 0.15) is 0 Å². The molecule has 2 aromatic rings. The van der Waals surface area contributed by atoms with Crippen molar-refractivity contribution in [3.8, 4) is 0 Å². The summed E-state index contributed by atoms with van der Waals surface area (Å²) in [6, 6.07) is 6.93. The first-order chi connectivity index (χ1) is 9.74. The molecule has 1 fully saturated rings. The van der Waals surface area contributed by atoms with Gasteiger partial charge in [-0.15, -0.1) is 0 Å². The van der Waals surface area contributed by atoms with Gasteiger partial charge >= 0.3 is 0 Å². The van der Waals surface area contributed by atoms with Crippen molar-refractivity contribution >= 4 is 16.8 Å². The summed E-state index contributed by atoms with van der Waals surface area (Å²) in [7, 11) is 0. The highest BCUT2D eigenvalue weighted by atomic mass is 16.5. The molecule has 0 unspecified atom stereocenters. The fourth-order valence-corrected chi connectivity index (χ4v) is 2.29. The molecule has 6 nitrogen and oxygen atoms in total. The van der Waals surface area contributed by atoms with Gasteiger partial charge in [-0.05, 0) is 25.0 Å². The second kappa shape index (κ2) is 5.42. The third-order valence-electron chi connectivity index (χ3n) is 3.34. The zero-order valence-corrected chi connectivity index (χ0v) is 10.9.